The predicted octanol–water partition coefficient (Wildman–Crippen LogP) is 8.52. The van der Waals surface area contributed by atoms with E-state index in [9.17, 15) is 22.8 Å². The second-order valence-electron chi connectivity index (χ2n) is 11.4. The fourth-order valence-corrected chi connectivity index (χ4v) is 6.04. The van der Waals surface area contributed by atoms with Crippen LogP contribution >= 0.6 is 27.5 Å². The molecule has 1 atom stereocenters. The molecular formula is C32H36BrClF3N3O3. The number of fused-ring (bicyclic) bond motifs is 1. The highest BCUT2D eigenvalue weighted by atomic mass is 79.9. The molecule has 1 fully saturated rings. The standard InChI is InChI=1S/C32H36BrClF3N3O3/c1-20-28(24-18-22(33)13-14-26(24)39-29(20)40-16-8-4-5-9-17-40)30(42)38-19-21(12-15-27(41)43-31(2,3)34)23-10-6-7-11-25(23)32(35,36)37/h6-7,10-11,13-14,18,21H,4-5,8-9,12,15-17,19H2,1-3H3,(H,38,42). The van der Waals surface area contributed by atoms with Crippen molar-refractivity contribution in [2.24, 2.45) is 0 Å². The van der Waals surface area contributed by atoms with Gasteiger partial charge in [-0.25, -0.2) is 4.98 Å². The summed E-state index contributed by atoms with van der Waals surface area (Å²) in [5.74, 6) is -1.13. The topological polar surface area (TPSA) is 71.5 Å². The van der Waals surface area contributed by atoms with E-state index in [4.69, 9.17) is 21.3 Å². The molecule has 0 aliphatic carbocycles. The third kappa shape index (κ3) is 8.62. The van der Waals surface area contributed by atoms with Gasteiger partial charge in [0, 0.05) is 47.4 Å². The summed E-state index contributed by atoms with van der Waals surface area (Å²) >= 11 is 9.50. The molecule has 1 N–H and O–H groups in total. The Balaban J connectivity index is 1.68. The van der Waals surface area contributed by atoms with Crippen LogP contribution in [0.2, 0.25) is 0 Å². The maximum Gasteiger partial charge on any atom is 0.416 e. The number of nitrogens with one attached hydrogen (secondary N) is 1. The van der Waals surface area contributed by atoms with E-state index in [1.807, 2.05) is 25.1 Å². The van der Waals surface area contributed by atoms with E-state index in [0.29, 0.717) is 22.0 Å². The van der Waals surface area contributed by atoms with Crippen molar-refractivity contribution in [3.05, 3.63) is 69.2 Å². The van der Waals surface area contributed by atoms with Crippen molar-refractivity contribution in [2.75, 3.05) is 24.5 Å². The highest BCUT2D eigenvalue weighted by Gasteiger charge is 2.35. The molecule has 4 rings (SSSR count). The molecule has 2 heterocycles. The molecule has 43 heavy (non-hydrogen) atoms. The summed E-state index contributed by atoms with van der Waals surface area (Å²) in [5, 5.41) is 2.29. The first-order valence-corrected chi connectivity index (χ1v) is 15.6. The van der Waals surface area contributed by atoms with Gasteiger partial charge < -0.3 is 15.0 Å². The Bertz CT molecular complexity index is 1470. The number of nitrogens with zero attached hydrogens (tertiary/aromatic N) is 2. The van der Waals surface area contributed by atoms with Gasteiger partial charge in [0.05, 0.1) is 16.6 Å². The normalized spacial score (nSPS) is 15.2. The fraction of sp³-hybridized carbons (Fsp3) is 0.469. The Kier molecular flexibility index (Phi) is 10.6. The van der Waals surface area contributed by atoms with Crippen LogP contribution in [0.3, 0.4) is 0 Å². The van der Waals surface area contributed by atoms with Gasteiger partial charge in [-0.15, -0.1) is 0 Å². The number of carbonyl (C=O) groups is 2. The number of halogens is 5. The maximum atomic E-state index is 14.0. The number of amides is 1. The number of esters is 1. The van der Waals surface area contributed by atoms with Gasteiger partial charge in [0.2, 0.25) is 0 Å². The van der Waals surface area contributed by atoms with Gasteiger partial charge in [0.25, 0.3) is 5.91 Å². The molecule has 0 bridgehead atoms. The monoisotopic (exact) mass is 681 g/mol. The minimum Gasteiger partial charge on any atom is -0.444 e. The molecule has 1 aromatic heterocycles. The first kappa shape index (κ1) is 33.1. The lowest BCUT2D eigenvalue weighted by Gasteiger charge is -2.26. The summed E-state index contributed by atoms with van der Waals surface area (Å²) in [6.07, 6.45) is -0.425. The number of benzene rings is 2. The number of carbonyl (C=O) groups excluding carboxylic acids is 2. The molecule has 1 amide bonds. The predicted molar refractivity (Wildman–Crippen MR) is 167 cm³/mol. The minimum absolute atomic E-state index is 0.00228. The second-order valence-corrected chi connectivity index (χ2v) is 13.2. The Hall–Kier alpha value is -2.85. The van der Waals surface area contributed by atoms with Crippen LogP contribution in [0.4, 0.5) is 19.0 Å². The molecule has 0 radical (unpaired) electrons. The van der Waals surface area contributed by atoms with E-state index in [-0.39, 0.29) is 24.9 Å². The quantitative estimate of drug-likeness (QED) is 0.181. The van der Waals surface area contributed by atoms with Crippen molar-refractivity contribution in [1.82, 2.24) is 10.3 Å². The zero-order valence-electron chi connectivity index (χ0n) is 24.5. The summed E-state index contributed by atoms with van der Waals surface area (Å²) in [6, 6.07) is 10.8. The smallest absolute Gasteiger partial charge is 0.416 e. The number of rotatable bonds is 9. The highest BCUT2D eigenvalue weighted by molar-refractivity contribution is 9.10. The summed E-state index contributed by atoms with van der Waals surface area (Å²) < 4.78 is 47.9. The van der Waals surface area contributed by atoms with Gasteiger partial charge in [-0.3, -0.25) is 9.59 Å². The fourth-order valence-electron chi connectivity index (χ4n) is 5.60. The lowest BCUT2D eigenvalue weighted by Crippen LogP contribution is -2.32. The molecule has 0 spiro atoms. The van der Waals surface area contributed by atoms with Gasteiger partial charge >= 0.3 is 12.1 Å². The Morgan fingerprint density at radius 1 is 1.09 bits per heavy atom. The average molecular weight is 683 g/mol. The van der Waals surface area contributed by atoms with Crippen LogP contribution in [-0.4, -0.2) is 41.6 Å². The SMILES string of the molecule is Cc1c(N2CCCCCC2)nc2ccc(Br)cc2c1C(=O)NCC(CCC(=O)OC(C)(C)Cl)c1ccccc1C(F)(F)F. The summed E-state index contributed by atoms with van der Waals surface area (Å²) in [6.45, 7) is 6.42. The molecule has 3 aromatic rings. The first-order chi connectivity index (χ1) is 20.2. The summed E-state index contributed by atoms with van der Waals surface area (Å²) in [4.78, 5) is 33.5. The van der Waals surface area contributed by atoms with Crippen molar-refractivity contribution in [3.63, 3.8) is 0 Å². The largest absolute Gasteiger partial charge is 0.444 e. The maximum absolute atomic E-state index is 14.0. The molecule has 11 heteroatoms. The molecule has 1 unspecified atom stereocenters. The third-order valence-electron chi connectivity index (χ3n) is 7.57. The number of anilines is 1. The lowest BCUT2D eigenvalue weighted by molar-refractivity contribution is -0.150. The van der Waals surface area contributed by atoms with Gasteiger partial charge in [0.1, 0.15) is 5.82 Å². The number of hydrogen-bond donors (Lipinski definition) is 1. The van der Waals surface area contributed by atoms with Crippen molar-refractivity contribution in [3.8, 4) is 0 Å². The Labute approximate surface area is 263 Å². The van der Waals surface area contributed by atoms with Gasteiger partial charge in [-0.2, -0.15) is 13.2 Å². The number of hydrogen-bond acceptors (Lipinski definition) is 5. The van der Waals surface area contributed by atoms with Crippen molar-refractivity contribution in [1.29, 1.82) is 0 Å². The van der Waals surface area contributed by atoms with Crippen LogP contribution < -0.4 is 10.2 Å². The number of alkyl halides is 4. The number of pyridine rings is 1. The molecule has 6 nitrogen and oxygen atoms in total. The molecule has 1 saturated heterocycles. The van der Waals surface area contributed by atoms with E-state index in [2.05, 4.69) is 26.1 Å². The molecule has 232 valence electrons. The number of ether oxygens (including phenoxy) is 1. The summed E-state index contributed by atoms with van der Waals surface area (Å²) in [7, 11) is 0. The average Bonchev–Trinajstić information content (AvgIpc) is 3.21. The van der Waals surface area contributed by atoms with E-state index in [1.54, 1.807) is 0 Å². The van der Waals surface area contributed by atoms with E-state index in [1.165, 1.54) is 32.0 Å². The van der Waals surface area contributed by atoms with Crippen LogP contribution in [0.15, 0.2) is 46.9 Å². The summed E-state index contributed by atoms with van der Waals surface area (Å²) in [5.41, 5.74) is 0.987. The van der Waals surface area contributed by atoms with Crippen LogP contribution in [0.5, 0.6) is 0 Å². The van der Waals surface area contributed by atoms with Crippen molar-refractivity contribution < 1.29 is 27.5 Å². The molecule has 1 aliphatic rings. The van der Waals surface area contributed by atoms with Gasteiger partial charge in [0.15, 0.2) is 5.06 Å². The Morgan fingerprint density at radius 3 is 2.42 bits per heavy atom. The zero-order chi connectivity index (χ0) is 31.4. The number of aromatic nitrogens is 1. The zero-order valence-corrected chi connectivity index (χ0v) is 26.8. The van der Waals surface area contributed by atoms with E-state index in [0.717, 1.165) is 55.1 Å². The highest BCUT2D eigenvalue weighted by Crippen LogP contribution is 2.37. The minimum atomic E-state index is -4.61. The van der Waals surface area contributed by atoms with E-state index < -0.39 is 34.6 Å². The molecule has 1 aliphatic heterocycles. The lowest BCUT2D eigenvalue weighted by atomic mass is 9.89. The third-order valence-corrected chi connectivity index (χ3v) is 8.14. The van der Waals surface area contributed by atoms with Crippen LogP contribution in [0.25, 0.3) is 10.9 Å². The Morgan fingerprint density at radius 2 is 1.77 bits per heavy atom. The van der Waals surface area contributed by atoms with Gasteiger partial charge in [-0.1, -0.05) is 58.6 Å². The molecule has 0 saturated carbocycles. The van der Waals surface area contributed by atoms with Gasteiger partial charge in [-0.05, 0) is 69.9 Å². The molecule has 2 aromatic carbocycles. The van der Waals surface area contributed by atoms with Crippen molar-refractivity contribution >= 4 is 56.1 Å². The first-order valence-electron chi connectivity index (χ1n) is 14.4. The molecular weight excluding hydrogens is 647 g/mol. The van der Waals surface area contributed by atoms with Crippen LogP contribution in [0.1, 0.15) is 85.3 Å². The van der Waals surface area contributed by atoms with Crippen molar-refractivity contribution in [2.45, 2.75) is 76.5 Å². The van der Waals surface area contributed by atoms with Crippen LogP contribution in [0, 0.1) is 6.92 Å². The second kappa shape index (κ2) is 13.8. The van der Waals surface area contributed by atoms with Crippen LogP contribution in [-0.2, 0) is 15.7 Å². The van der Waals surface area contributed by atoms with E-state index >= 15 is 0 Å².